The Morgan fingerprint density at radius 3 is 2.12 bits per heavy atom. The molecular weight excluding hydrogens is 420 g/mol. The fraction of sp³-hybridized carbons (Fsp3) is 0.667. The zero-order valence-electron chi connectivity index (χ0n) is 14.8. The third-order valence-electron chi connectivity index (χ3n) is 4.01. The SMILES string of the molecule is Cc1nc(COCC2CC2)c(Br)s1.Cc1nc(COCC2CC2)cs1. The van der Waals surface area contributed by atoms with Crippen molar-refractivity contribution in [2.45, 2.75) is 52.7 Å². The second kappa shape index (κ2) is 9.55. The minimum absolute atomic E-state index is 0.654. The lowest BCUT2D eigenvalue weighted by Gasteiger charge is -1.99. The van der Waals surface area contributed by atoms with Gasteiger partial charge < -0.3 is 9.47 Å². The summed E-state index contributed by atoms with van der Waals surface area (Å²) in [4.78, 5) is 8.70. The van der Waals surface area contributed by atoms with Crippen LogP contribution < -0.4 is 0 Å². The van der Waals surface area contributed by atoms with Gasteiger partial charge in [0.2, 0.25) is 0 Å². The lowest BCUT2D eigenvalue weighted by Crippen LogP contribution is -1.97. The average molecular weight is 445 g/mol. The molecule has 138 valence electrons. The number of thiazole rings is 2. The third kappa shape index (κ3) is 7.43. The minimum atomic E-state index is 0.654. The van der Waals surface area contributed by atoms with Gasteiger partial charge in [-0.05, 0) is 67.3 Å². The van der Waals surface area contributed by atoms with Crippen molar-refractivity contribution in [2.24, 2.45) is 11.8 Å². The Hall–Kier alpha value is -0.340. The molecule has 2 aliphatic rings. The topological polar surface area (TPSA) is 44.2 Å². The molecule has 0 aromatic carbocycles. The van der Waals surface area contributed by atoms with Crippen LogP contribution in [0.4, 0.5) is 0 Å². The van der Waals surface area contributed by atoms with E-state index in [0.717, 1.165) is 50.2 Å². The molecule has 2 saturated carbocycles. The van der Waals surface area contributed by atoms with Crippen molar-refractivity contribution >= 4 is 38.6 Å². The Bertz CT molecular complexity index is 666. The van der Waals surface area contributed by atoms with Crippen LogP contribution in [0.5, 0.6) is 0 Å². The van der Waals surface area contributed by atoms with E-state index in [1.54, 1.807) is 22.7 Å². The maximum Gasteiger partial charge on any atom is 0.0955 e. The van der Waals surface area contributed by atoms with Gasteiger partial charge in [-0.25, -0.2) is 9.97 Å². The van der Waals surface area contributed by atoms with Crippen LogP contribution in [0.1, 0.15) is 47.1 Å². The molecule has 0 aliphatic heterocycles. The second-order valence-corrected chi connectivity index (χ2v) is 10.3. The van der Waals surface area contributed by atoms with E-state index < -0.39 is 0 Å². The lowest BCUT2D eigenvalue weighted by atomic mass is 10.4. The summed E-state index contributed by atoms with van der Waals surface area (Å²) < 4.78 is 12.2. The van der Waals surface area contributed by atoms with Gasteiger partial charge in [0.25, 0.3) is 0 Å². The second-order valence-electron chi connectivity index (χ2n) is 6.73. The lowest BCUT2D eigenvalue weighted by molar-refractivity contribution is 0.108. The first-order valence-corrected chi connectivity index (χ1v) is 11.3. The molecule has 2 aromatic heterocycles. The van der Waals surface area contributed by atoms with Gasteiger partial charge in [-0.2, -0.15) is 0 Å². The van der Waals surface area contributed by atoms with Gasteiger partial charge in [0.15, 0.2) is 0 Å². The Morgan fingerprint density at radius 1 is 1.00 bits per heavy atom. The molecule has 4 rings (SSSR count). The zero-order chi connectivity index (χ0) is 17.6. The number of ether oxygens (including phenoxy) is 2. The summed E-state index contributed by atoms with van der Waals surface area (Å²) in [5, 5.41) is 4.29. The van der Waals surface area contributed by atoms with Gasteiger partial charge >= 0.3 is 0 Å². The van der Waals surface area contributed by atoms with Crippen LogP contribution >= 0.6 is 38.6 Å². The van der Waals surface area contributed by atoms with Gasteiger partial charge in [-0.15, -0.1) is 22.7 Å². The van der Waals surface area contributed by atoms with Gasteiger partial charge in [0, 0.05) is 18.6 Å². The molecule has 2 aliphatic carbocycles. The van der Waals surface area contributed by atoms with E-state index in [9.17, 15) is 0 Å². The van der Waals surface area contributed by atoms with Crippen molar-refractivity contribution < 1.29 is 9.47 Å². The van der Waals surface area contributed by atoms with E-state index >= 15 is 0 Å². The standard InChI is InChI=1S/C9H12BrNOS.C9H13NOS/c1-6-11-8(9(10)13-6)5-12-4-7-2-3-7;1-7-10-9(6-12-7)5-11-4-8-2-3-8/h7H,2-5H2,1H3;6,8H,2-5H2,1H3. The van der Waals surface area contributed by atoms with Crippen molar-refractivity contribution in [2.75, 3.05) is 13.2 Å². The maximum absolute atomic E-state index is 5.55. The van der Waals surface area contributed by atoms with Gasteiger partial charge in [-0.1, -0.05) is 0 Å². The van der Waals surface area contributed by atoms with Gasteiger partial charge in [0.05, 0.1) is 38.4 Å². The normalized spacial score (nSPS) is 16.6. The van der Waals surface area contributed by atoms with Crippen LogP contribution in [-0.4, -0.2) is 23.2 Å². The highest BCUT2D eigenvalue weighted by Crippen LogP contribution is 2.30. The molecule has 0 spiro atoms. The molecule has 0 bridgehead atoms. The molecule has 2 heterocycles. The molecule has 0 amide bonds. The third-order valence-corrected chi connectivity index (χ3v) is 6.58. The molecule has 0 radical (unpaired) electrons. The van der Waals surface area contributed by atoms with Crippen LogP contribution in [0.25, 0.3) is 0 Å². The molecular formula is C18H25BrN2O2S2. The highest BCUT2D eigenvalue weighted by molar-refractivity contribution is 9.11. The summed E-state index contributed by atoms with van der Waals surface area (Å²) in [6.07, 6.45) is 5.40. The summed E-state index contributed by atoms with van der Waals surface area (Å²) in [6.45, 7) is 7.22. The van der Waals surface area contributed by atoms with Crippen molar-refractivity contribution in [3.05, 3.63) is 30.6 Å². The van der Waals surface area contributed by atoms with Crippen LogP contribution in [0.3, 0.4) is 0 Å². The molecule has 0 unspecified atom stereocenters. The molecule has 4 nitrogen and oxygen atoms in total. The highest BCUT2D eigenvalue weighted by atomic mass is 79.9. The smallest absolute Gasteiger partial charge is 0.0955 e. The quantitative estimate of drug-likeness (QED) is 0.537. The number of hydrogen-bond acceptors (Lipinski definition) is 6. The van der Waals surface area contributed by atoms with Crippen LogP contribution in [0.2, 0.25) is 0 Å². The van der Waals surface area contributed by atoms with Crippen molar-refractivity contribution in [1.82, 2.24) is 9.97 Å². The first-order chi connectivity index (χ1) is 12.1. The van der Waals surface area contributed by atoms with E-state index in [2.05, 4.69) is 31.3 Å². The molecule has 2 fully saturated rings. The predicted octanol–water partition coefficient (Wildman–Crippen LogP) is 5.52. The van der Waals surface area contributed by atoms with E-state index in [1.807, 2.05) is 13.8 Å². The Kier molecular flexibility index (Phi) is 7.42. The van der Waals surface area contributed by atoms with Crippen LogP contribution in [0.15, 0.2) is 9.17 Å². The van der Waals surface area contributed by atoms with Gasteiger partial charge in [0.1, 0.15) is 0 Å². The van der Waals surface area contributed by atoms with Crippen molar-refractivity contribution in [3.8, 4) is 0 Å². The molecule has 0 saturated heterocycles. The summed E-state index contributed by atoms with van der Waals surface area (Å²) in [7, 11) is 0. The van der Waals surface area contributed by atoms with Crippen molar-refractivity contribution in [1.29, 1.82) is 0 Å². The minimum Gasteiger partial charge on any atom is -0.375 e. The first-order valence-electron chi connectivity index (χ1n) is 8.78. The maximum atomic E-state index is 5.55. The fourth-order valence-corrected chi connectivity index (χ4v) is 4.37. The van der Waals surface area contributed by atoms with Crippen molar-refractivity contribution in [3.63, 3.8) is 0 Å². The summed E-state index contributed by atoms with van der Waals surface area (Å²) in [5.74, 6) is 1.68. The number of hydrogen-bond donors (Lipinski definition) is 0. The molecule has 25 heavy (non-hydrogen) atoms. The Morgan fingerprint density at radius 2 is 1.64 bits per heavy atom. The first kappa shape index (κ1) is 19.4. The predicted molar refractivity (Wildman–Crippen MR) is 106 cm³/mol. The van der Waals surface area contributed by atoms with E-state index in [4.69, 9.17) is 9.47 Å². The largest absolute Gasteiger partial charge is 0.375 e. The average Bonchev–Trinajstić information content (AvgIpc) is 3.48. The zero-order valence-corrected chi connectivity index (χ0v) is 18.0. The van der Waals surface area contributed by atoms with Crippen LogP contribution in [-0.2, 0) is 22.7 Å². The van der Waals surface area contributed by atoms with E-state index in [1.165, 1.54) is 25.7 Å². The highest BCUT2D eigenvalue weighted by Gasteiger charge is 2.22. The number of aryl methyl sites for hydroxylation is 2. The summed E-state index contributed by atoms with van der Waals surface area (Å²) >= 11 is 6.83. The molecule has 2 aromatic rings. The summed E-state index contributed by atoms with van der Waals surface area (Å²) in [6, 6.07) is 0. The number of rotatable bonds is 8. The monoisotopic (exact) mass is 444 g/mol. The number of nitrogens with zero attached hydrogens (tertiary/aromatic N) is 2. The summed E-state index contributed by atoms with van der Waals surface area (Å²) in [5.41, 5.74) is 2.13. The Balaban J connectivity index is 0.000000146. The molecule has 0 atom stereocenters. The molecule has 7 heteroatoms. The van der Waals surface area contributed by atoms with Crippen LogP contribution in [0, 0.1) is 25.7 Å². The molecule has 0 N–H and O–H groups in total. The van der Waals surface area contributed by atoms with E-state index in [0.29, 0.717) is 13.2 Å². The fourth-order valence-electron chi connectivity index (χ4n) is 2.23. The van der Waals surface area contributed by atoms with E-state index in [-0.39, 0.29) is 0 Å². The number of halogens is 1. The van der Waals surface area contributed by atoms with Gasteiger partial charge in [-0.3, -0.25) is 0 Å². The number of aromatic nitrogens is 2. The Labute approximate surface area is 166 Å².